The maximum atomic E-state index is 11.9. The summed E-state index contributed by atoms with van der Waals surface area (Å²) in [6.45, 7) is 2.47. The highest BCUT2D eigenvalue weighted by Crippen LogP contribution is 2.31. The molecule has 0 saturated heterocycles. The van der Waals surface area contributed by atoms with E-state index in [-0.39, 0.29) is 5.91 Å². The van der Waals surface area contributed by atoms with E-state index in [0.29, 0.717) is 26.4 Å². The number of methoxy groups -OCH3 is 1. The molecule has 1 heterocycles. The summed E-state index contributed by atoms with van der Waals surface area (Å²) < 4.78 is 15.9. The predicted octanol–water partition coefficient (Wildman–Crippen LogP) is 1.97. The summed E-state index contributed by atoms with van der Waals surface area (Å²) in [5, 5.41) is 0. The Morgan fingerprint density at radius 2 is 2.10 bits per heavy atom. The minimum atomic E-state index is -0.0269. The minimum Gasteiger partial charge on any atom is -0.486 e. The maximum absolute atomic E-state index is 11.9. The van der Waals surface area contributed by atoms with Gasteiger partial charge in [0.2, 0.25) is 5.91 Å². The van der Waals surface area contributed by atoms with Crippen molar-refractivity contribution >= 4 is 12.0 Å². The molecule has 5 heteroatoms. The molecule has 0 atom stereocenters. The lowest BCUT2D eigenvalue weighted by Crippen LogP contribution is -2.26. The van der Waals surface area contributed by atoms with Gasteiger partial charge in [0.05, 0.1) is 0 Å². The third-order valence-corrected chi connectivity index (χ3v) is 3.20. The van der Waals surface area contributed by atoms with E-state index in [9.17, 15) is 4.79 Å². The van der Waals surface area contributed by atoms with Gasteiger partial charge in [-0.1, -0.05) is 6.07 Å². The number of carbonyl (C=O) groups excluding carboxylic acids is 1. The molecular weight excluding hydrogens is 270 g/mol. The van der Waals surface area contributed by atoms with Gasteiger partial charge in [0.1, 0.15) is 13.2 Å². The Hall–Kier alpha value is -2.01. The van der Waals surface area contributed by atoms with Crippen LogP contribution in [-0.2, 0) is 9.53 Å². The number of ether oxygens (including phenoxy) is 3. The molecule has 1 aromatic carbocycles. The second-order valence-corrected chi connectivity index (χ2v) is 4.84. The van der Waals surface area contributed by atoms with Crippen LogP contribution in [0.5, 0.6) is 11.5 Å². The van der Waals surface area contributed by atoms with Crippen molar-refractivity contribution < 1.29 is 19.0 Å². The fourth-order valence-electron chi connectivity index (χ4n) is 2.01. The molecule has 1 aromatic rings. The van der Waals surface area contributed by atoms with E-state index < -0.39 is 0 Å². The molecule has 0 unspecified atom stereocenters. The predicted molar refractivity (Wildman–Crippen MR) is 80.6 cm³/mol. The molecule has 0 spiro atoms. The van der Waals surface area contributed by atoms with E-state index >= 15 is 0 Å². The Kier molecular flexibility index (Phi) is 5.63. The summed E-state index contributed by atoms with van der Waals surface area (Å²) in [6.07, 6.45) is 4.18. The lowest BCUT2D eigenvalue weighted by molar-refractivity contribution is -0.124. The van der Waals surface area contributed by atoms with Gasteiger partial charge in [0, 0.05) is 33.4 Å². The van der Waals surface area contributed by atoms with Gasteiger partial charge in [-0.25, -0.2) is 0 Å². The molecule has 0 aliphatic carbocycles. The van der Waals surface area contributed by atoms with Gasteiger partial charge < -0.3 is 19.1 Å². The number of nitrogens with zero attached hydrogens (tertiary/aromatic N) is 1. The zero-order valence-corrected chi connectivity index (χ0v) is 12.5. The van der Waals surface area contributed by atoms with Crippen LogP contribution in [0.25, 0.3) is 6.08 Å². The van der Waals surface area contributed by atoms with Crippen molar-refractivity contribution in [3.05, 3.63) is 29.8 Å². The van der Waals surface area contributed by atoms with Crippen LogP contribution in [0.4, 0.5) is 0 Å². The number of benzene rings is 1. The van der Waals surface area contributed by atoms with E-state index in [2.05, 4.69) is 0 Å². The number of rotatable bonds is 6. The minimum absolute atomic E-state index is 0.0269. The van der Waals surface area contributed by atoms with Crippen LogP contribution in [0.3, 0.4) is 0 Å². The Balaban J connectivity index is 1.92. The molecule has 114 valence electrons. The first-order valence-corrected chi connectivity index (χ1v) is 7.02. The fraction of sp³-hybridized carbons (Fsp3) is 0.438. The van der Waals surface area contributed by atoms with Crippen LogP contribution in [0.2, 0.25) is 0 Å². The SMILES string of the molecule is COCCCN(C)C(=O)/C=C/c1ccc2c(c1)OCCO2. The van der Waals surface area contributed by atoms with Crippen LogP contribution in [0.1, 0.15) is 12.0 Å². The maximum Gasteiger partial charge on any atom is 0.246 e. The van der Waals surface area contributed by atoms with Crippen LogP contribution in [0, 0.1) is 0 Å². The van der Waals surface area contributed by atoms with Gasteiger partial charge >= 0.3 is 0 Å². The highest BCUT2D eigenvalue weighted by molar-refractivity contribution is 5.91. The van der Waals surface area contributed by atoms with Crippen LogP contribution < -0.4 is 9.47 Å². The van der Waals surface area contributed by atoms with Crippen LogP contribution in [-0.4, -0.2) is 51.3 Å². The average Bonchev–Trinajstić information content (AvgIpc) is 2.52. The number of fused-ring (bicyclic) bond motifs is 1. The average molecular weight is 291 g/mol. The molecule has 0 bridgehead atoms. The summed E-state index contributed by atoms with van der Waals surface area (Å²) in [5.74, 6) is 1.45. The van der Waals surface area contributed by atoms with Gasteiger partial charge in [0.15, 0.2) is 11.5 Å². The van der Waals surface area contributed by atoms with E-state index in [1.54, 1.807) is 31.2 Å². The molecule has 0 radical (unpaired) electrons. The van der Waals surface area contributed by atoms with Crippen molar-refractivity contribution in [2.75, 3.05) is 40.5 Å². The lowest BCUT2D eigenvalue weighted by atomic mass is 10.2. The Bertz CT molecular complexity index is 513. The molecule has 5 nitrogen and oxygen atoms in total. The first-order chi connectivity index (χ1) is 10.2. The second kappa shape index (κ2) is 7.69. The first-order valence-electron chi connectivity index (χ1n) is 7.02. The van der Waals surface area contributed by atoms with E-state index in [4.69, 9.17) is 14.2 Å². The van der Waals surface area contributed by atoms with Crippen molar-refractivity contribution in [3.63, 3.8) is 0 Å². The summed E-state index contributed by atoms with van der Waals surface area (Å²) in [4.78, 5) is 13.6. The van der Waals surface area contributed by atoms with Crippen molar-refractivity contribution in [1.82, 2.24) is 4.90 Å². The Morgan fingerprint density at radius 1 is 1.33 bits per heavy atom. The molecule has 0 aromatic heterocycles. The van der Waals surface area contributed by atoms with Crippen LogP contribution in [0.15, 0.2) is 24.3 Å². The summed E-state index contributed by atoms with van der Waals surface area (Å²) in [5.41, 5.74) is 0.915. The quantitative estimate of drug-likeness (QED) is 0.594. The molecule has 0 saturated carbocycles. The molecule has 2 rings (SSSR count). The molecule has 1 aliphatic rings. The normalized spacial score (nSPS) is 13.4. The van der Waals surface area contributed by atoms with E-state index in [1.165, 1.54) is 0 Å². The summed E-state index contributed by atoms with van der Waals surface area (Å²) >= 11 is 0. The molecule has 0 N–H and O–H groups in total. The van der Waals surface area contributed by atoms with Crippen LogP contribution >= 0.6 is 0 Å². The van der Waals surface area contributed by atoms with E-state index in [1.807, 2.05) is 18.2 Å². The second-order valence-electron chi connectivity index (χ2n) is 4.84. The number of hydrogen-bond acceptors (Lipinski definition) is 4. The highest BCUT2D eigenvalue weighted by Gasteiger charge is 2.11. The van der Waals surface area contributed by atoms with Crippen molar-refractivity contribution in [2.24, 2.45) is 0 Å². The Morgan fingerprint density at radius 3 is 2.86 bits per heavy atom. The van der Waals surface area contributed by atoms with Crippen molar-refractivity contribution in [2.45, 2.75) is 6.42 Å². The van der Waals surface area contributed by atoms with Crippen molar-refractivity contribution in [3.8, 4) is 11.5 Å². The summed E-state index contributed by atoms with van der Waals surface area (Å²) in [6, 6.07) is 5.65. The largest absolute Gasteiger partial charge is 0.486 e. The van der Waals surface area contributed by atoms with Crippen molar-refractivity contribution in [1.29, 1.82) is 0 Å². The molecule has 1 amide bonds. The van der Waals surface area contributed by atoms with Gasteiger partial charge in [-0.2, -0.15) is 0 Å². The van der Waals surface area contributed by atoms with Gasteiger partial charge in [-0.3, -0.25) is 4.79 Å². The summed E-state index contributed by atoms with van der Waals surface area (Å²) in [7, 11) is 3.44. The topological polar surface area (TPSA) is 48.0 Å². The number of amides is 1. The monoisotopic (exact) mass is 291 g/mol. The third-order valence-electron chi connectivity index (χ3n) is 3.20. The molecule has 21 heavy (non-hydrogen) atoms. The molecule has 0 fully saturated rings. The van der Waals surface area contributed by atoms with Gasteiger partial charge in [-0.05, 0) is 30.2 Å². The highest BCUT2D eigenvalue weighted by atomic mass is 16.6. The standard InChI is InChI=1S/C16H21NO4/c1-17(8-3-9-19-2)16(18)7-5-13-4-6-14-15(12-13)21-11-10-20-14/h4-7,12H,3,8-11H2,1-2H3/b7-5+. The third kappa shape index (κ3) is 4.49. The van der Waals surface area contributed by atoms with Gasteiger partial charge in [0.25, 0.3) is 0 Å². The van der Waals surface area contributed by atoms with E-state index in [0.717, 1.165) is 23.5 Å². The zero-order valence-electron chi connectivity index (χ0n) is 12.5. The Labute approximate surface area is 125 Å². The first kappa shape index (κ1) is 15.4. The molecular formula is C16H21NO4. The fourth-order valence-corrected chi connectivity index (χ4v) is 2.01. The zero-order chi connectivity index (χ0) is 15.1. The smallest absolute Gasteiger partial charge is 0.246 e. The number of hydrogen-bond donors (Lipinski definition) is 0. The van der Waals surface area contributed by atoms with Gasteiger partial charge in [-0.15, -0.1) is 0 Å². The molecule has 1 aliphatic heterocycles. The lowest BCUT2D eigenvalue weighted by Gasteiger charge is -2.18. The number of likely N-dealkylation sites (N-methyl/N-ethyl adjacent to an activating group) is 1. The number of carbonyl (C=O) groups is 1.